The van der Waals surface area contributed by atoms with E-state index in [1.807, 2.05) is 0 Å². The number of carbonyl (C=O) groups is 1. The van der Waals surface area contributed by atoms with Crippen molar-refractivity contribution in [1.29, 1.82) is 0 Å². The number of carboxylic acid groups (broad SMARTS) is 1. The minimum atomic E-state index is -3.32. The molecule has 0 radical (unpaired) electrons. The van der Waals surface area contributed by atoms with Crippen LogP contribution in [0.1, 0.15) is 13.8 Å². The van der Waals surface area contributed by atoms with Crippen molar-refractivity contribution in [2.45, 2.75) is 18.6 Å². The topological polar surface area (TPSA) is 37.3 Å². The fraction of sp³-hybridized carbons (Fsp3) is 0.800. The first-order valence-electron chi connectivity index (χ1n) is 3.06. The van der Waals surface area contributed by atoms with E-state index in [9.17, 15) is 4.79 Å². The van der Waals surface area contributed by atoms with Gasteiger partial charge in [-0.3, -0.25) is 0 Å². The molecule has 0 aliphatic rings. The summed E-state index contributed by atoms with van der Waals surface area (Å²) in [5.41, 5.74) is 0. The minimum absolute atomic E-state index is 0.308. The number of aliphatic carboxylic acids is 1. The molecule has 1 N–H and O–H groups in total. The maximum absolute atomic E-state index is 10.4. The summed E-state index contributed by atoms with van der Waals surface area (Å²) in [6, 6.07) is 0. The molecule has 0 aromatic carbocycles. The van der Waals surface area contributed by atoms with Gasteiger partial charge in [-0.25, -0.2) is 0 Å². The Hall–Kier alpha value is 0.883. The average Bonchev–Trinajstić information content (AvgIpc) is 1.82. The van der Waals surface area contributed by atoms with Crippen LogP contribution in [0.3, 0.4) is 0 Å². The molecule has 0 aromatic rings. The molecular formula is C5H9Cl3GeO2. The van der Waals surface area contributed by atoms with Gasteiger partial charge < -0.3 is 0 Å². The Morgan fingerprint density at radius 2 is 1.73 bits per heavy atom. The van der Waals surface area contributed by atoms with Crippen LogP contribution in [0.15, 0.2) is 0 Å². The molecule has 0 bridgehead atoms. The Bertz CT molecular complexity index is 156. The van der Waals surface area contributed by atoms with E-state index in [-0.39, 0.29) is 4.75 Å². The molecule has 6 heteroatoms. The number of carboxylic acids is 1. The molecule has 0 spiro atoms. The van der Waals surface area contributed by atoms with Crippen molar-refractivity contribution in [1.82, 2.24) is 0 Å². The van der Waals surface area contributed by atoms with E-state index in [1.165, 1.54) is 0 Å². The Morgan fingerprint density at radius 1 is 1.36 bits per heavy atom. The quantitative estimate of drug-likeness (QED) is 0.807. The Kier molecular flexibility index (Phi) is 4.55. The summed E-state index contributed by atoms with van der Waals surface area (Å²) in [4.78, 5) is 10.4. The first kappa shape index (κ1) is 11.9. The van der Waals surface area contributed by atoms with Crippen LogP contribution < -0.4 is 0 Å². The molecule has 0 fully saturated rings. The second-order valence-corrected chi connectivity index (χ2v) is 18.9. The third kappa shape index (κ3) is 3.88. The fourth-order valence-corrected chi connectivity index (χ4v) is 4.93. The summed E-state index contributed by atoms with van der Waals surface area (Å²) in [6.07, 6.45) is 0. The fourth-order valence-electron chi connectivity index (χ4n) is 0.497. The van der Waals surface area contributed by atoms with Crippen LogP contribution in [0.2, 0.25) is 4.75 Å². The van der Waals surface area contributed by atoms with Gasteiger partial charge in [-0.2, -0.15) is 0 Å². The van der Waals surface area contributed by atoms with E-state index in [1.54, 1.807) is 13.8 Å². The van der Waals surface area contributed by atoms with Crippen molar-refractivity contribution in [2.24, 2.45) is 5.92 Å². The van der Waals surface area contributed by atoms with E-state index in [4.69, 9.17) is 35.1 Å². The van der Waals surface area contributed by atoms with Crippen molar-refractivity contribution in [3.05, 3.63) is 0 Å². The van der Waals surface area contributed by atoms with Gasteiger partial charge in [-0.15, -0.1) is 0 Å². The summed E-state index contributed by atoms with van der Waals surface area (Å²) in [5.74, 6) is -1.48. The first-order chi connectivity index (χ1) is 4.76. The predicted molar refractivity (Wildman–Crippen MR) is 49.5 cm³/mol. The third-order valence-electron chi connectivity index (χ3n) is 1.66. The Balaban J connectivity index is 4.25. The SMILES string of the molecule is CC(C(=O)O)[CH](C)[Ge]([Cl])([Cl])[Cl]. The molecule has 0 amide bonds. The standard InChI is InChI=1S/C5H9Cl3GeO2/c1-3(5(10)11)4(2)9(6,7)8/h3-4H,1-2H3,(H,10,11). The van der Waals surface area contributed by atoms with E-state index in [2.05, 4.69) is 0 Å². The van der Waals surface area contributed by atoms with E-state index in [0.29, 0.717) is 0 Å². The molecule has 0 aliphatic carbocycles. The molecule has 0 heterocycles. The second kappa shape index (κ2) is 4.21. The molecule has 0 saturated heterocycles. The van der Waals surface area contributed by atoms with Gasteiger partial charge in [0.05, 0.1) is 0 Å². The molecular weight excluding hydrogens is 271 g/mol. The first-order valence-corrected chi connectivity index (χ1v) is 12.5. The average molecular weight is 280 g/mol. The van der Waals surface area contributed by atoms with E-state index >= 15 is 0 Å². The van der Waals surface area contributed by atoms with Crippen LogP contribution in [0.4, 0.5) is 0 Å². The van der Waals surface area contributed by atoms with Crippen LogP contribution in [0.5, 0.6) is 0 Å². The summed E-state index contributed by atoms with van der Waals surface area (Å²) < 4.78 is -0.308. The number of halogens is 3. The van der Waals surface area contributed by atoms with Gasteiger partial charge in [0.2, 0.25) is 0 Å². The summed E-state index contributed by atoms with van der Waals surface area (Å²) in [6.45, 7) is 3.23. The van der Waals surface area contributed by atoms with Crippen LogP contribution >= 0.6 is 30.0 Å². The summed E-state index contributed by atoms with van der Waals surface area (Å²) in [5, 5.41) is 8.57. The van der Waals surface area contributed by atoms with Crippen molar-refractivity contribution >= 4 is 46.5 Å². The maximum atomic E-state index is 10.4. The van der Waals surface area contributed by atoms with Crippen LogP contribution in [0.25, 0.3) is 0 Å². The molecule has 0 aromatic heterocycles. The molecule has 0 saturated carbocycles. The van der Waals surface area contributed by atoms with Gasteiger partial charge in [0.15, 0.2) is 0 Å². The molecule has 2 nitrogen and oxygen atoms in total. The summed E-state index contributed by atoms with van der Waals surface area (Å²) in [7, 11) is 13.7. The number of hydrogen-bond donors (Lipinski definition) is 1. The second-order valence-electron chi connectivity index (χ2n) is 2.46. The molecule has 66 valence electrons. The number of hydrogen-bond acceptors (Lipinski definition) is 1. The molecule has 2 atom stereocenters. The van der Waals surface area contributed by atoms with Gasteiger partial charge in [-0.1, -0.05) is 0 Å². The van der Waals surface area contributed by atoms with Gasteiger partial charge in [0, 0.05) is 0 Å². The zero-order chi connectivity index (χ0) is 9.23. The third-order valence-corrected chi connectivity index (χ3v) is 10.2. The van der Waals surface area contributed by atoms with Crippen molar-refractivity contribution in [3.8, 4) is 0 Å². The van der Waals surface area contributed by atoms with Crippen LogP contribution in [-0.4, -0.2) is 21.6 Å². The van der Waals surface area contributed by atoms with Gasteiger partial charge in [0.1, 0.15) is 0 Å². The van der Waals surface area contributed by atoms with Gasteiger partial charge >= 0.3 is 80.9 Å². The Labute approximate surface area is 80.7 Å². The number of rotatable bonds is 3. The van der Waals surface area contributed by atoms with E-state index in [0.717, 1.165) is 0 Å². The normalized spacial score (nSPS) is 17.5. The molecule has 11 heavy (non-hydrogen) atoms. The Morgan fingerprint density at radius 3 is 1.82 bits per heavy atom. The monoisotopic (exact) mass is 280 g/mol. The molecule has 2 unspecified atom stereocenters. The van der Waals surface area contributed by atoms with Crippen molar-refractivity contribution in [2.75, 3.05) is 0 Å². The molecule has 0 rings (SSSR count). The zero-order valence-corrected chi connectivity index (χ0v) is 10.5. The van der Waals surface area contributed by atoms with Gasteiger partial charge in [0.25, 0.3) is 0 Å². The van der Waals surface area contributed by atoms with Crippen LogP contribution in [-0.2, 0) is 4.79 Å². The summed E-state index contributed by atoms with van der Waals surface area (Å²) >= 11 is 0. The van der Waals surface area contributed by atoms with Gasteiger partial charge in [-0.05, 0) is 0 Å². The van der Waals surface area contributed by atoms with Crippen LogP contribution in [0, 0.1) is 5.92 Å². The zero-order valence-electron chi connectivity index (χ0n) is 6.14. The van der Waals surface area contributed by atoms with Crippen molar-refractivity contribution < 1.29 is 9.90 Å². The van der Waals surface area contributed by atoms with E-state index < -0.39 is 22.4 Å². The van der Waals surface area contributed by atoms with Crippen molar-refractivity contribution in [3.63, 3.8) is 0 Å². The predicted octanol–water partition coefficient (Wildman–Crippen LogP) is 2.75. The molecule has 0 aliphatic heterocycles.